The van der Waals surface area contributed by atoms with Crippen LogP contribution in [0.1, 0.15) is 25.3 Å². The quantitative estimate of drug-likeness (QED) is 0.593. The molecule has 1 aromatic rings. The summed E-state index contributed by atoms with van der Waals surface area (Å²) in [5, 5.41) is 15.4. The summed E-state index contributed by atoms with van der Waals surface area (Å²) < 4.78 is 0. The Kier molecular flexibility index (Phi) is 3.72. The summed E-state index contributed by atoms with van der Waals surface area (Å²) in [5.41, 5.74) is 9.13. The molecule has 1 aliphatic rings. The molecule has 1 aliphatic heterocycles. The van der Waals surface area contributed by atoms with Crippen LogP contribution in [0.15, 0.2) is 12.1 Å². The first-order valence-electron chi connectivity index (χ1n) is 6.24. The summed E-state index contributed by atoms with van der Waals surface area (Å²) >= 11 is 0. The molecule has 18 heavy (non-hydrogen) atoms. The minimum atomic E-state index is -0.284. The molecular formula is C13H19N3O2. The summed E-state index contributed by atoms with van der Waals surface area (Å²) in [4.78, 5) is 11.3. The molecular weight excluding hydrogens is 230 g/mol. The Hall–Kier alpha value is -1.75. The van der Waals surface area contributed by atoms with Crippen LogP contribution in [0, 0.1) is 0 Å². The van der Waals surface area contributed by atoms with Gasteiger partial charge < -0.3 is 21.5 Å². The van der Waals surface area contributed by atoms with Crippen molar-refractivity contribution in [3.05, 3.63) is 17.7 Å². The normalized spacial score (nSPS) is 15.1. The third-order valence-corrected chi connectivity index (χ3v) is 3.16. The van der Waals surface area contributed by atoms with E-state index in [-0.39, 0.29) is 12.0 Å². The SMILES string of the molecule is CCC(O)CCNc1cc2c(cc1N)CC(=O)N2. The van der Waals surface area contributed by atoms with Gasteiger partial charge in [0.25, 0.3) is 0 Å². The van der Waals surface area contributed by atoms with Crippen molar-refractivity contribution in [3.63, 3.8) is 0 Å². The maximum Gasteiger partial charge on any atom is 0.228 e. The van der Waals surface area contributed by atoms with E-state index in [4.69, 9.17) is 5.73 Å². The van der Waals surface area contributed by atoms with Crippen LogP contribution in [0.3, 0.4) is 0 Å². The third kappa shape index (κ3) is 2.73. The average Bonchev–Trinajstić information content (AvgIpc) is 2.68. The number of nitrogens with two attached hydrogens (primary N) is 1. The molecule has 98 valence electrons. The standard InChI is InChI=1S/C13H19N3O2/c1-2-9(17)3-4-15-12-7-11-8(5-10(12)14)6-13(18)16-11/h5,7,9,15,17H,2-4,6,14H2,1H3,(H,16,18). The third-order valence-electron chi connectivity index (χ3n) is 3.16. The smallest absolute Gasteiger partial charge is 0.228 e. The van der Waals surface area contributed by atoms with Gasteiger partial charge in [-0.2, -0.15) is 0 Å². The highest BCUT2D eigenvalue weighted by Crippen LogP contribution is 2.31. The van der Waals surface area contributed by atoms with Crippen molar-refractivity contribution in [1.82, 2.24) is 0 Å². The van der Waals surface area contributed by atoms with Crippen molar-refractivity contribution in [2.24, 2.45) is 0 Å². The van der Waals surface area contributed by atoms with E-state index in [2.05, 4.69) is 10.6 Å². The van der Waals surface area contributed by atoms with Gasteiger partial charge in [0, 0.05) is 12.2 Å². The Morgan fingerprint density at radius 1 is 1.56 bits per heavy atom. The Morgan fingerprint density at radius 2 is 2.33 bits per heavy atom. The predicted molar refractivity (Wildman–Crippen MR) is 72.6 cm³/mol. The number of hydrogen-bond acceptors (Lipinski definition) is 4. The summed E-state index contributed by atoms with van der Waals surface area (Å²) in [6, 6.07) is 3.68. The van der Waals surface area contributed by atoms with Crippen LogP contribution in [-0.2, 0) is 11.2 Å². The highest BCUT2D eigenvalue weighted by Gasteiger charge is 2.19. The summed E-state index contributed by atoms with van der Waals surface area (Å²) in [6.45, 7) is 2.61. The van der Waals surface area contributed by atoms with Crippen LogP contribution in [0.4, 0.5) is 17.1 Å². The van der Waals surface area contributed by atoms with Gasteiger partial charge in [-0.15, -0.1) is 0 Å². The highest BCUT2D eigenvalue weighted by molar-refractivity contribution is 6.00. The second kappa shape index (κ2) is 5.27. The molecule has 1 aromatic carbocycles. The molecule has 5 heteroatoms. The molecule has 0 bridgehead atoms. The lowest BCUT2D eigenvalue weighted by Gasteiger charge is -2.13. The second-order valence-electron chi connectivity index (χ2n) is 4.60. The predicted octanol–water partition coefficient (Wildman–Crippen LogP) is 1.34. The van der Waals surface area contributed by atoms with Gasteiger partial charge in [0.15, 0.2) is 0 Å². The van der Waals surface area contributed by atoms with Gasteiger partial charge in [-0.3, -0.25) is 4.79 Å². The van der Waals surface area contributed by atoms with E-state index in [0.29, 0.717) is 25.1 Å². The molecule has 0 aromatic heterocycles. The Bertz CT molecular complexity index is 460. The van der Waals surface area contributed by atoms with Crippen LogP contribution in [-0.4, -0.2) is 23.7 Å². The number of nitrogen functional groups attached to an aromatic ring is 1. The zero-order chi connectivity index (χ0) is 13.1. The molecule has 5 nitrogen and oxygen atoms in total. The highest BCUT2D eigenvalue weighted by atomic mass is 16.3. The maximum absolute atomic E-state index is 11.3. The molecule has 0 spiro atoms. The molecule has 1 unspecified atom stereocenters. The van der Waals surface area contributed by atoms with Gasteiger partial charge in [-0.25, -0.2) is 0 Å². The molecule has 1 atom stereocenters. The van der Waals surface area contributed by atoms with Crippen molar-refractivity contribution < 1.29 is 9.90 Å². The molecule has 0 fully saturated rings. The Balaban J connectivity index is 2.01. The first kappa shape index (κ1) is 12.7. The number of anilines is 3. The number of hydrogen-bond donors (Lipinski definition) is 4. The number of amides is 1. The maximum atomic E-state index is 11.3. The van der Waals surface area contributed by atoms with E-state index in [1.165, 1.54) is 0 Å². The Morgan fingerprint density at radius 3 is 3.06 bits per heavy atom. The lowest BCUT2D eigenvalue weighted by atomic mass is 10.1. The van der Waals surface area contributed by atoms with Crippen LogP contribution in [0.25, 0.3) is 0 Å². The number of benzene rings is 1. The minimum absolute atomic E-state index is 0.00274. The van der Waals surface area contributed by atoms with E-state index in [1.54, 1.807) is 0 Å². The van der Waals surface area contributed by atoms with Gasteiger partial charge in [0.1, 0.15) is 0 Å². The van der Waals surface area contributed by atoms with E-state index in [0.717, 1.165) is 23.4 Å². The first-order valence-corrected chi connectivity index (χ1v) is 6.24. The average molecular weight is 249 g/mol. The fourth-order valence-electron chi connectivity index (χ4n) is 2.02. The van der Waals surface area contributed by atoms with E-state index >= 15 is 0 Å². The van der Waals surface area contributed by atoms with Gasteiger partial charge in [-0.05, 0) is 30.5 Å². The molecule has 1 heterocycles. The number of aliphatic hydroxyl groups is 1. The number of rotatable bonds is 5. The van der Waals surface area contributed by atoms with Crippen molar-refractivity contribution >= 4 is 23.0 Å². The number of nitrogens with one attached hydrogen (secondary N) is 2. The lowest BCUT2D eigenvalue weighted by Crippen LogP contribution is -2.13. The molecule has 1 amide bonds. The topological polar surface area (TPSA) is 87.4 Å². The molecule has 2 rings (SSSR count). The van der Waals surface area contributed by atoms with Crippen LogP contribution in [0.5, 0.6) is 0 Å². The molecule has 0 saturated heterocycles. The van der Waals surface area contributed by atoms with Crippen molar-refractivity contribution in [3.8, 4) is 0 Å². The summed E-state index contributed by atoms with van der Waals surface area (Å²) in [5.74, 6) is 0.00274. The van der Waals surface area contributed by atoms with Gasteiger partial charge >= 0.3 is 0 Å². The van der Waals surface area contributed by atoms with Crippen LogP contribution < -0.4 is 16.4 Å². The molecule has 0 saturated carbocycles. The fraction of sp³-hybridized carbons (Fsp3) is 0.462. The molecule has 0 aliphatic carbocycles. The fourth-order valence-corrected chi connectivity index (χ4v) is 2.02. The van der Waals surface area contributed by atoms with E-state index in [1.807, 2.05) is 19.1 Å². The number of aliphatic hydroxyl groups excluding tert-OH is 1. The molecule has 5 N–H and O–H groups in total. The first-order chi connectivity index (χ1) is 8.60. The minimum Gasteiger partial charge on any atom is -0.397 e. The van der Waals surface area contributed by atoms with Crippen molar-refractivity contribution in [2.75, 3.05) is 22.9 Å². The number of fused-ring (bicyclic) bond motifs is 1. The monoisotopic (exact) mass is 249 g/mol. The van der Waals surface area contributed by atoms with Crippen LogP contribution >= 0.6 is 0 Å². The second-order valence-corrected chi connectivity index (χ2v) is 4.60. The molecule has 0 radical (unpaired) electrons. The van der Waals surface area contributed by atoms with E-state index in [9.17, 15) is 9.90 Å². The van der Waals surface area contributed by atoms with Crippen molar-refractivity contribution in [2.45, 2.75) is 32.3 Å². The zero-order valence-electron chi connectivity index (χ0n) is 10.5. The lowest BCUT2D eigenvalue weighted by molar-refractivity contribution is -0.115. The number of carbonyl (C=O) groups excluding carboxylic acids is 1. The largest absolute Gasteiger partial charge is 0.397 e. The summed E-state index contributed by atoms with van der Waals surface area (Å²) in [6.07, 6.45) is 1.54. The van der Waals surface area contributed by atoms with Gasteiger partial charge in [0.2, 0.25) is 5.91 Å². The van der Waals surface area contributed by atoms with Crippen LogP contribution in [0.2, 0.25) is 0 Å². The summed E-state index contributed by atoms with van der Waals surface area (Å²) in [7, 11) is 0. The van der Waals surface area contributed by atoms with Gasteiger partial charge in [-0.1, -0.05) is 6.92 Å². The number of carbonyl (C=O) groups is 1. The Labute approximate surface area is 106 Å². The van der Waals surface area contributed by atoms with E-state index < -0.39 is 0 Å². The zero-order valence-corrected chi connectivity index (χ0v) is 10.5. The van der Waals surface area contributed by atoms with Gasteiger partial charge in [0.05, 0.1) is 23.9 Å². The van der Waals surface area contributed by atoms with Crippen molar-refractivity contribution in [1.29, 1.82) is 0 Å².